The molecule has 9 heteroatoms. The van der Waals surface area contributed by atoms with Crippen LogP contribution in [0.25, 0.3) is 17.1 Å². The Morgan fingerprint density at radius 3 is 1.00 bits per heavy atom. The third-order valence-corrected chi connectivity index (χ3v) is 5.60. The lowest BCUT2D eigenvalue weighted by atomic mass is 9.99. The average molecular weight is 412 g/mol. The number of hydrogen-bond acceptors (Lipinski definition) is 9. The highest BCUT2D eigenvalue weighted by Crippen LogP contribution is 2.32. The van der Waals surface area contributed by atoms with Crippen LogP contribution in [0.5, 0.6) is 0 Å². The molecule has 0 radical (unpaired) electrons. The molecular weight excluding hydrogens is 378 g/mol. The summed E-state index contributed by atoms with van der Waals surface area (Å²) in [5, 5.41) is 12.5. The van der Waals surface area contributed by atoms with Gasteiger partial charge in [0.1, 0.15) is 0 Å². The van der Waals surface area contributed by atoms with Crippen molar-refractivity contribution in [2.45, 2.75) is 20.8 Å². The summed E-state index contributed by atoms with van der Waals surface area (Å²) in [7, 11) is 6.16. The Kier molecular flexibility index (Phi) is 5.50. The molecule has 0 fully saturated rings. The quantitative estimate of drug-likeness (QED) is 0.649. The first-order chi connectivity index (χ1) is 14.4. The van der Waals surface area contributed by atoms with Gasteiger partial charge in [0.15, 0.2) is 0 Å². The highest BCUT2D eigenvalue weighted by molar-refractivity contribution is 5.77. The molecule has 0 aromatic heterocycles. The summed E-state index contributed by atoms with van der Waals surface area (Å²) in [5.41, 5.74) is 17.0. The van der Waals surface area contributed by atoms with Gasteiger partial charge in [0.05, 0.1) is 17.1 Å². The van der Waals surface area contributed by atoms with Crippen LogP contribution in [-0.2, 0) is 0 Å². The minimum atomic E-state index is 0.896. The minimum absolute atomic E-state index is 0.896. The summed E-state index contributed by atoms with van der Waals surface area (Å²) in [6, 6.07) is 6.78. The van der Waals surface area contributed by atoms with Gasteiger partial charge in [-0.3, -0.25) is 30.1 Å². The molecule has 0 spiro atoms. The smallest absolute Gasteiger partial charge is 0.0781 e. The van der Waals surface area contributed by atoms with Crippen LogP contribution in [0.15, 0.2) is 36.8 Å². The topological polar surface area (TPSA) is 55.5 Å². The predicted octanol–water partition coefficient (Wildman–Crippen LogP) is 1.64. The molecule has 0 saturated carbocycles. The van der Waals surface area contributed by atoms with Gasteiger partial charge in [0.2, 0.25) is 0 Å². The van der Waals surface area contributed by atoms with E-state index in [-0.39, 0.29) is 0 Å². The molecule has 162 valence electrons. The highest BCUT2D eigenvalue weighted by atomic mass is 15.8. The summed E-state index contributed by atoms with van der Waals surface area (Å²) < 4.78 is 0. The summed E-state index contributed by atoms with van der Waals surface area (Å²) in [6.07, 6.45) is 6.49. The van der Waals surface area contributed by atoms with Crippen LogP contribution in [0.2, 0.25) is 0 Å². The molecule has 3 aliphatic rings. The fraction of sp³-hybridized carbons (Fsp3) is 0.429. The molecule has 3 heterocycles. The monoisotopic (exact) mass is 411 g/mol. The first-order valence-corrected chi connectivity index (χ1v) is 10.5. The molecule has 30 heavy (non-hydrogen) atoms. The van der Waals surface area contributed by atoms with Crippen molar-refractivity contribution >= 4 is 17.1 Å². The van der Waals surface area contributed by atoms with Gasteiger partial charge in [-0.1, -0.05) is 0 Å². The van der Waals surface area contributed by atoms with Gasteiger partial charge in [-0.05, 0) is 39.0 Å². The zero-order valence-electron chi connectivity index (χ0n) is 18.8. The Bertz CT molecular complexity index is 764. The van der Waals surface area contributed by atoms with Crippen molar-refractivity contribution in [3.8, 4) is 0 Å². The Hall–Kier alpha value is -2.88. The van der Waals surface area contributed by atoms with Crippen LogP contribution in [-0.4, -0.2) is 70.8 Å². The normalized spacial score (nSPS) is 19.2. The van der Waals surface area contributed by atoms with E-state index in [9.17, 15) is 0 Å². The van der Waals surface area contributed by atoms with Crippen molar-refractivity contribution in [3.63, 3.8) is 0 Å². The predicted molar refractivity (Wildman–Crippen MR) is 120 cm³/mol. The number of nitrogens with one attached hydrogen (secondary N) is 3. The number of hydrazine groups is 6. The number of nitrogens with zero attached hydrogens (tertiary/aromatic N) is 6. The van der Waals surface area contributed by atoms with Gasteiger partial charge in [0.25, 0.3) is 0 Å². The average Bonchev–Trinajstić information content (AvgIpc) is 3.43. The number of hydrogen-bond donors (Lipinski definition) is 3. The van der Waals surface area contributed by atoms with Gasteiger partial charge in [0, 0.05) is 76.1 Å². The van der Waals surface area contributed by atoms with Crippen LogP contribution in [0.1, 0.15) is 37.5 Å². The van der Waals surface area contributed by atoms with Crippen molar-refractivity contribution in [2.24, 2.45) is 0 Å². The Morgan fingerprint density at radius 2 is 0.800 bits per heavy atom. The lowest BCUT2D eigenvalue weighted by Crippen LogP contribution is -2.37. The van der Waals surface area contributed by atoms with Crippen molar-refractivity contribution in [2.75, 3.05) is 40.8 Å². The van der Waals surface area contributed by atoms with Crippen molar-refractivity contribution < 1.29 is 0 Å². The van der Waals surface area contributed by atoms with E-state index in [4.69, 9.17) is 0 Å². The second-order valence-corrected chi connectivity index (χ2v) is 7.68. The molecule has 4 rings (SSSR count). The van der Waals surface area contributed by atoms with E-state index in [0.29, 0.717) is 0 Å². The maximum atomic E-state index is 3.36. The molecule has 0 amide bonds. The molecule has 9 nitrogen and oxygen atoms in total. The maximum absolute atomic E-state index is 3.36. The van der Waals surface area contributed by atoms with E-state index >= 15 is 0 Å². The van der Waals surface area contributed by atoms with Crippen LogP contribution >= 0.6 is 0 Å². The van der Waals surface area contributed by atoms with Gasteiger partial charge in [-0.25, -0.2) is 0 Å². The first-order valence-electron chi connectivity index (χ1n) is 10.5. The largest absolute Gasteiger partial charge is 0.296 e. The fourth-order valence-corrected chi connectivity index (χ4v) is 3.89. The van der Waals surface area contributed by atoms with Crippen LogP contribution < -0.4 is 16.6 Å². The Labute approximate surface area is 179 Å². The molecule has 0 bridgehead atoms. The standard InChI is InChI=1S/C21H33N9/c1-7-28-13-19(25(4)22-28)16-10-17(20-14-29(8-2)23-26(20)5)12-18(11-16)21-15-30(9-3)24-27(21)6/h10-15,22-24H,7-9H2,1-6H3. The lowest BCUT2D eigenvalue weighted by molar-refractivity contribution is 0.174. The van der Waals surface area contributed by atoms with E-state index in [1.165, 1.54) is 16.7 Å². The summed E-state index contributed by atoms with van der Waals surface area (Å²) in [6.45, 7) is 9.09. The number of benzene rings is 1. The van der Waals surface area contributed by atoms with E-state index in [1.807, 2.05) is 0 Å². The Morgan fingerprint density at radius 1 is 0.533 bits per heavy atom. The molecule has 0 atom stereocenters. The van der Waals surface area contributed by atoms with E-state index in [1.54, 1.807) is 0 Å². The fourth-order valence-electron chi connectivity index (χ4n) is 3.89. The molecule has 0 saturated heterocycles. The number of rotatable bonds is 6. The molecule has 0 unspecified atom stereocenters. The summed E-state index contributed by atoms with van der Waals surface area (Å²) in [4.78, 5) is 0. The molecular formula is C21H33N9. The SMILES string of the molecule is CCN1C=C(c2cc(C3=CN(CC)NN3C)cc(C3=CN(CC)NN3C)c2)N(C)N1. The zero-order chi connectivity index (χ0) is 21.4. The van der Waals surface area contributed by atoms with E-state index in [2.05, 4.69) is 125 Å². The van der Waals surface area contributed by atoms with Crippen molar-refractivity contribution in [1.29, 1.82) is 0 Å². The summed E-state index contributed by atoms with van der Waals surface area (Å²) >= 11 is 0. The van der Waals surface area contributed by atoms with Gasteiger partial charge < -0.3 is 0 Å². The maximum Gasteiger partial charge on any atom is 0.0781 e. The van der Waals surface area contributed by atoms with Crippen LogP contribution in [0.4, 0.5) is 0 Å². The lowest BCUT2D eigenvalue weighted by Gasteiger charge is -2.23. The zero-order valence-corrected chi connectivity index (χ0v) is 18.8. The molecule has 3 N–H and O–H groups in total. The molecule has 1 aromatic carbocycles. The van der Waals surface area contributed by atoms with Crippen molar-refractivity contribution in [1.82, 2.24) is 46.7 Å². The second kappa shape index (κ2) is 8.10. The highest BCUT2D eigenvalue weighted by Gasteiger charge is 2.25. The van der Waals surface area contributed by atoms with Gasteiger partial charge in [-0.15, -0.1) is 16.6 Å². The molecule has 3 aliphatic heterocycles. The van der Waals surface area contributed by atoms with Crippen molar-refractivity contribution in [3.05, 3.63) is 53.5 Å². The third-order valence-electron chi connectivity index (χ3n) is 5.60. The van der Waals surface area contributed by atoms with Gasteiger partial charge in [-0.2, -0.15) is 0 Å². The first kappa shape index (κ1) is 20.4. The summed E-state index contributed by atoms with van der Waals surface area (Å²) in [5.74, 6) is 0. The Balaban J connectivity index is 1.81. The van der Waals surface area contributed by atoms with Crippen LogP contribution in [0.3, 0.4) is 0 Å². The second-order valence-electron chi connectivity index (χ2n) is 7.68. The van der Waals surface area contributed by atoms with Crippen LogP contribution in [0, 0.1) is 0 Å². The molecule has 1 aromatic rings. The minimum Gasteiger partial charge on any atom is -0.296 e. The third kappa shape index (κ3) is 3.67. The molecule has 0 aliphatic carbocycles. The van der Waals surface area contributed by atoms with E-state index in [0.717, 1.165) is 36.7 Å². The van der Waals surface area contributed by atoms with Gasteiger partial charge >= 0.3 is 0 Å². The van der Waals surface area contributed by atoms with E-state index < -0.39 is 0 Å².